The second kappa shape index (κ2) is 7.96. The first kappa shape index (κ1) is 20.1. The Bertz CT molecular complexity index is 1050. The Morgan fingerprint density at radius 1 is 0.963 bits per heavy atom. The lowest BCUT2D eigenvalue weighted by atomic mass is 10.2. The van der Waals surface area contributed by atoms with E-state index in [0.717, 1.165) is 6.08 Å². The minimum atomic E-state index is -5.54. The lowest BCUT2D eigenvalue weighted by Gasteiger charge is -2.07. The van der Waals surface area contributed by atoms with Crippen LogP contribution in [0, 0.1) is 40.4 Å². The van der Waals surface area contributed by atoms with E-state index in [1.165, 1.54) is 12.1 Å². The van der Waals surface area contributed by atoms with Gasteiger partial charge in [-0.2, -0.15) is 13.7 Å². The minimum absolute atomic E-state index is 0.600. The molecule has 2 rings (SSSR count). The molecule has 0 aliphatic carbocycles. The van der Waals surface area contributed by atoms with Crippen LogP contribution >= 0.6 is 0 Å². The summed E-state index contributed by atoms with van der Waals surface area (Å²) in [5.41, 5.74) is -0.0469. The van der Waals surface area contributed by atoms with Gasteiger partial charge in [0, 0.05) is 0 Å². The Hall–Kier alpha value is -3.26. The van der Waals surface area contributed by atoms with Gasteiger partial charge >= 0.3 is 10.1 Å². The van der Waals surface area contributed by atoms with Crippen LogP contribution in [0.25, 0.3) is 6.08 Å². The molecule has 0 amide bonds. The molecule has 0 bridgehead atoms. The zero-order valence-corrected chi connectivity index (χ0v) is 13.8. The zero-order chi connectivity index (χ0) is 20.2. The van der Waals surface area contributed by atoms with Crippen molar-refractivity contribution >= 4 is 21.9 Å². The second-order valence-corrected chi connectivity index (χ2v) is 6.23. The third-order valence-electron chi connectivity index (χ3n) is 3.00. The van der Waals surface area contributed by atoms with E-state index in [2.05, 4.69) is 9.44 Å². The van der Waals surface area contributed by atoms with Gasteiger partial charge in [0.25, 0.3) is 0 Å². The van der Waals surface area contributed by atoms with Crippen molar-refractivity contribution in [1.82, 2.24) is 0 Å². The maximum atomic E-state index is 13.6. The highest BCUT2D eigenvalue weighted by atomic mass is 32.2. The zero-order valence-electron chi connectivity index (χ0n) is 13.0. The number of oxime groups is 1. The van der Waals surface area contributed by atoms with Gasteiger partial charge in [-0.1, -0.05) is 41.6 Å². The van der Waals surface area contributed by atoms with Crippen LogP contribution in [0.5, 0.6) is 0 Å². The van der Waals surface area contributed by atoms with Gasteiger partial charge in [-0.3, -0.25) is 4.28 Å². The van der Waals surface area contributed by atoms with Crippen molar-refractivity contribution in [1.29, 1.82) is 5.26 Å². The van der Waals surface area contributed by atoms with Crippen LogP contribution in [0.4, 0.5) is 22.0 Å². The Morgan fingerprint density at radius 2 is 1.48 bits per heavy atom. The van der Waals surface area contributed by atoms with Gasteiger partial charge in [0.2, 0.25) is 5.82 Å². The van der Waals surface area contributed by atoms with Crippen molar-refractivity contribution in [2.75, 3.05) is 0 Å². The van der Waals surface area contributed by atoms with E-state index in [-0.39, 0.29) is 0 Å². The molecule has 0 aromatic heterocycles. The third-order valence-corrected chi connectivity index (χ3v) is 4.13. The van der Waals surface area contributed by atoms with Crippen molar-refractivity contribution in [3.8, 4) is 6.07 Å². The van der Waals surface area contributed by atoms with Gasteiger partial charge in [0.05, 0.1) is 0 Å². The molecule has 0 fully saturated rings. The molecule has 0 saturated heterocycles. The monoisotopic (exact) mass is 402 g/mol. The number of hydrogen-bond acceptors (Lipinski definition) is 5. The largest absolute Gasteiger partial charge is 0.364 e. The molecular formula is C16H7F5N2O3S. The lowest BCUT2D eigenvalue weighted by Crippen LogP contribution is -2.14. The highest BCUT2D eigenvalue weighted by Crippen LogP contribution is 2.28. The summed E-state index contributed by atoms with van der Waals surface area (Å²) in [4.78, 5) is -2.22. The Morgan fingerprint density at radius 3 is 2.00 bits per heavy atom. The van der Waals surface area contributed by atoms with Crippen molar-refractivity contribution < 1.29 is 34.7 Å². The first-order chi connectivity index (χ1) is 12.7. The van der Waals surface area contributed by atoms with Crippen molar-refractivity contribution in [2.24, 2.45) is 5.16 Å². The molecule has 140 valence electrons. The van der Waals surface area contributed by atoms with Crippen LogP contribution in [-0.4, -0.2) is 14.1 Å². The first-order valence-corrected chi connectivity index (χ1v) is 8.26. The lowest BCUT2D eigenvalue weighted by molar-refractivity contribution is 0.318. The molecule has 0 aliphatic heterocycles. The van der Waals surface area contributed by atoms with E-state index in [1.807, 2.05) is 0 Å². The number of benzene rings is 2. The number of halogens is 5. The summed E-state index contributed by atoms with van der Waals surface area (Å²) in [5.74, 6) is -12.7. The number of allylic oxidation sites excluding steroid dienone is 1. The molecule has 0 aliphatic rings. The van der Waals surface area contributed by atoms with E-state index in [1.54, 1.807) is 30.3 Å². The number of nitriles is 1. The predicted molar refractivity (Wildman–Crippen MR) is 83.0 cm³/mol. The number of hydrogen-bond donors (Lipinski definition) is 0. The average Bonchev–Trinajstić information content (AvgIpc) is 2.65. The Balaban J connectivity index is 2.38. The average molecular weight is 402 g/mol. The molecule has 0 heterocycles. The quantitative estimate of drug-likeness (QED) is 0.251. The standard InChI is InChI=1S/C16H7F5N2O3S/c17-11-12(18)14(20)16(15(21)13(11)19)27(24,25)26-23-10(8-22)7-6-9-4-2-1-3-5-9/h1-7H/b7-6+,23-10+. The van der Waals surface area contributed by atoms with E-state index in [9.17, 15) is 30.4 Å². The summed E-state index contributed by atoms with van der Waals surface area (Å²) >= 11 is 0. The predicted octanol–water partition coefficient (Wildman–Crippen LogP) is 3.68. The van der Waals surface area contributed by atoms with Crippen LogP contribution in [0.15, 0.2) is 46.5 Å². The van der Waals surface area contributed by atoms with Gasteiger partial charge in [0.15, 0.2) is 33.9 Å². The van der Waals surface area contributed by atoms with Crippen LogP contribution in [0.2, 0.25) is 0 Å². The van der Waals surface area contributed by atoms with Crippen molar-refractivity contribution in [3.05, 3.63) is 71.1 Å². The molecule has 5 nitrogen and oxygen atoms in total. The summed E-state index contributed by atoms with van der Waals surface area (Å²) in [5, 5.41) is 11.8. The van der Waals surface area contributed by atoms with Crippen LogP contribution in [0.1, 0.15) is 5.56 Å². The number of rotatable bonds is 5. The molecule has 0 saturated carbocycles. The van der Waals surface area contributed by atoms with E-state index >= 15 is 0 Å². The van der Waals surface area contributed by atoms with Gasteiger partial charge < -0.3 is 0 Å². The summed E-state index contributed by atoms with van der Waals surface area (Å²) in [6.07, 6.45) is 2.36. The van der Waals surface area contributed by atoms with Gasteiger partial charge in [0.1, 0.15) is 6.07 Å². The fourth-order valence-electron chi connectivity index (χ4n) is 1.76. The van der Waals surface area contributed by atoms with E-state index in [4.69, 9.17) is 5.26 Å². The maximum absolute atomic E-state index is 13.6. The molecule has 2 aromatic rings. The fraction of sp³-hybridized carbons (Fsp3) is 0. The van der Waals surface area contributed by atoms with Crippen LogP contribution in [0.3, 0.4) is 0 Å². The molecule has 0 N–H and O–H groups in total. The number of nitrogens with zero attached hydrogens (tertiary/aromatic N) is 2. The second-order valence-electron chi connectivity index (χ2n) is 4.76. The highest BCUT2D eigenvalue weighted by Gasteiger charge is 2.35. The third kappa shape index (κ3) is 4.29. The van der Waals surface area contributed by atoms with Crippen LogP contribution in [-0.2, 0) is 14.4 Å². The van der Waals surface area contributed by atoms with Crippen molar-refractivity contribution in [3.63, 3.8) is 0 Å². The van der Waals surface area contributed by atoms with E-state index < -0.39 is 49.8 Å². The summed E-state index contributed by atoms with van der Waals surface area (Å²) < 4.78 is 93.8. The molecular weight excluding hydrogens is 395 g/mol. The molecule has 2 aromatic carbocycles. The summed E-state index contributed by atoms with van der Waals surface area (Å²) in [6, 6.07) is 9.78. The van der Waals surface area contributed by atoms with Crippen LogP contribution < -0.4 is 0 Å². The maximum Gasteiger partial charge on any atom is 0.364 e. The molecule has 11 heteroatoms. The molecule has 0 unspecified atom stereocenters. The van der Waals surface area contributed by atoms with Gasteiger partial charge in [-0.15, -0.1) is 0 Å². The molecule has 0 atom stereocenters. The van der Waals surface area contributed by atoms with Gasteiger partial charge in [-0.05, 0) is 11.6 Å². The molecule has 27 heavy (non-hydrogen) atoms. The normalized spacial score (nSPS) is 12.2. The fourth-order valence-corrected chi connectivity index (χ4v) is 2.63. The Kier molecular flexibility index (Phi) is 5.91. The highest BCUT2D eigenvalue weighted by molar-refractivity contribution is 7.86. The first-order valence-electron chi connectivity index (χ1n) is 6.85. The summed E-state index contributed by atoms with van der Waals surface area (Å²) in [6.45, 7) is 0. The molecule has 0 spiro atoms. The molecule has 0 radical (unpaired) electrons. The summed E-state index contributed by atoms with van der Waals surface area (Å²) in [7, 11) is -5.54. The van der Waals surface area contributed by atoms with Crippen molar-refractivity contribution in [2.45, 2.75) is 4.90 Å². The smallest absolute Gasteiger partial charge is 0.263 e. The minimum Gasteiger partial charge on any atom is -0.263 e. The topological polar surface area (TPSA) is 79.5 Å². The Labute approximate surface area is 149 Å². The van der Waals surface area contributed by atoms with Gasteiger partial charge in [-0.25, -0.2) is 22.0 Å². The SMILES string of the molecule is N#CC(/C=C/c1ccccc1)=N/OS(=O)(=O)c1c(F)c(F)c(F)c(F)c1F. The van der Waals surface area contributed by atoms with E-state index in [0.29, 0.717) is 5.56 Å².